The van der Waals surface area contributed by atoms with Crippen LogP contribution < -0.4 is 4.74 Å². The molecule has 0 aromatic heterocycles. The van der Waals surface area contributed by atoms with E-state index >= 15 is 0 Å². The van der Waals surface area contributed by atoms with Crippen molar-refractivity contribution in [2.24, 2.45) is 23.2 Å². The lowest BCUT2D eigenvalue weighted by atomic mass is 9.48. The lowest BCUT2D eigenvalue weighted by molar-refractivity contribution is -0.0580. The lowest BCUT2D eigenvalue weighted by Crippen LogP contribution is -2.45. The van der Waals surface area contributed by atoms with Gasteiger partial charge in [-0.05, 0) is 129 Å². The second-order valence-corrected chi connectivity index (χ2v) is 10.8. The van der Waals surface area contributed by atoms with Crippen LogP contribution in [0.2, 0.25) is 0 Å². The normalized spacial score (nSPS) is 26.7. The zero-order chi connectivity index (χ0) is 23.5. The molecule has 0 unspecified atom stereocenters. The topological polar surface area (TPSA) is 55.8 Å². The summed E-state index contributed by atoms with van der Waals surface area (Å²) in [5.41, 5.74) is 3.90. The number of aryl methyl sites for hydroxylation is 1. The molecule has 0 heterocycles. The van der Waals surface area contributed by atoms with Crippen molar-refractivity contribution in [1.82, 2.24) is 0 Å². The van der Waals surface area contributed by atoms with Crippen molar-refractivity contribution in [3.8, 4) is 17.6 Å². The lowest BCUT2D eigenvalue weighted by Gasteiger charge is -2.57. The third-order valence-electron chi connectivity index (χ3n) is 8.21. The van der Waals surface area contributed by atoms with Gasteiger partial charge in [0.2, 0.25) is 0 Å². The Kier molecular flexibility index (Phi) is 6.66. The Morgan fingerprint density at radius 2 is 1.68 bits per heavy atom. The van der Waals surface area contributed by atoms with Gasteiger partial charge in [0, 0.05) is 18.2 Å². The zero-order valence-corrected chi connectivity index (χ0v) is 20.0. The summed E-state index contributed by atoms with van der Waals surface area (Å²) in [6.07, 6.45) is 12.3. The second-order valence-electron chi connectivity index (χ2n) is 10.8. The Balaban J connectivity index is 1.30. The number of hydrogen-bond donors (Lipinski definition) is 1. The first kappa shape index (κ1) is 23.0. The highest BCUT2D eigenvalue weighted by atomic mass is 16.7. The van der Waals surface area contributed by atoms with Crippen molar-refractivity contribution in [2.45, 2.75) is 57.8 Å². The summed E-state index contributed by atoms with van der Waals surface area (Å²) in [5, 5.41) is 9.10. The van der Waals surface area contributed by atoms with Gasteiger partial charge in [-0.2, -0.15) is 0 Å². The van der Waals surface area contributed by atoms with Crippen LogP contribution in [0.4, 0.5) is 0 Å². The van der Waals surface area contributed by atoms with E-state index in [2.05, 4.69) is 17.9 Å². The molecule has 4 aliphatic rings. The summed E-state index contributed by atoms with van der Waals surface area (Å²) in [7, 11) is 1.63. The van der Waals surface area contributed by atoms with Gasteiger partial charge in [-0.15, -0.1) is 0 Å². The quantitative estimate of drug-likeness (QED) is 0.372. The molecule has 4 saturated carbocycles. The number of hydrogen-bond acceptors (Lipinski definition) is 3. The van der Waals surface area contributed by atoms with E-state index in [4.69, 9.17) is 14.6 Å². The van der Waals surface area contributed by atoms with Gasteiger partial charge in [-0.1, -0.05) is 11.8 Å². The van der Waals surface area contributed by atoms with Crippen molar-refractivity contribution in [3.05, 3.63) is 64.7 Å². The molecular weight excluding hydrogens is 424 g/mol. The van der Waals surface area contributed by atoms with Crippen LogP contribution in [0.3, 0.4) is 0 Å². The van der Waals surface area contributed by atoms with Crippen LogP contribution in [0.1, 0.15) is 78.4 Å². The first-order chi connectivity index (χ1) is 16.5. The highest BCUT2D eigenvalue weighted by Crippen LogP contribution is 2.61. The minimum absolute atomic E-state index is 0.230. The summed E-state index contributed by atoms with van der Waals surface area (Å²) < 4.78 is 10.8. The highest BCUT2D eigenvalue weighted by molar-refractivity contribution is 5.87. The number of aromatic carboxylic acids is 1. The molecular formula is C30H34O4. The predicted octanol–water partition coefficient (Wildman–Crippen LogP) is 6.31. The fraction of sp³-hybridized carbons (Fsp3) is 0.500. The third-order valence-corrected chi connectivity index (χ3v) is 8.21. The number of ether oxygens (including phenoxy) is 2. The molecule has 2 aromatic rings. The molecule has 2 aromatic carbocycles. The van der Waals surface area contributed by atoms with E-state index < -0.39 is 5.97 Å². The summed E-state index contributed by atoms with van der Waals surface area (Å²) in [4.78, 5) is 11.1. The number of carboxylic acids is 1. The maximum absolute atomic E-state index is 11.1. The monoisotopic (exact) mass is 458 g/mol. The van der Waals surface area contributed by atoms with Gasteiger partial charge in [0.15, 0.2) is 6.79 Å². The molecule has 4 heteroatoms. The molecule has 4 aliphatic carbocycles. The average Bonchev–Trinajstić information content (AvgIpc) is 2.81. The van der Waals surface area contributed by atoms with Crippen LogP contribution in [0.5, 0.6) is 5.75 Å². The van der Waals surface area contributed by atoms with Crippen LogP contribution in [0, 0.1) is 35.0 Å². The fourth-order valence-electron chi connectivity index (χ4n) is 7.20. The molecule has 178 valence electrons. The molecule has 0 spiro atoms. The van der Waals surface area contributed by atoms with E-state index in [0.717, 1.165) is 41.1 Å². The van der Waals surface area contributed by atoms with Crippen LogP contribution >= 0.6 is 0 Å². The molecule has 4 fully saturated rings. The Morgan fingerprint density at radius 1 is 1.00 bits per heavy atom. The molecule has 4 bridgehead atoms. The van der Waals surface area contributed by atoms with E-state index in [1.807, 2.05) is 12.1 Å². The van der Waals surface area contributed by atoms with E-state index in [0.29, 0.717) is 5.41 Å². The summed E-state index contributed by atoms with van der Waals surface area (Å²) in [6.45, 7) is 0.230. The molecule has 34 heavy (non-hydrogen) atoms. The minimum Gasteiger partial charge on any atom is -0.478 e. The number of carbonyl (C=O) groups is 1. The first-order valence-corrected chi connectivity index (χ1v) is 12.6. The second kappa shape index (κ2) is 9.84. The van der Waals surface area contributed by atoms with Crippen molar-refractivity contribution < 1.29 is 19.4 Å². The van der Waals surface area contributed by atoms with Crippen molar-refractivity contribution >= 4 is 5.97 Å². The van der Waals surface area contributed by atoms with E-state index in [1.54, 1.807) is 31.4 Å². The van der Waals surface area contributed by atoms with Gasteiger partial charge >= 0.3 is 5.97 Å². The minimum atomic E-state index is -0.924. The predicted molar refractivity (Wildman–Crippen MR) is 132 cm³/mol. The molecule has 0 radical (unpaired) electrons. The number of benzene rings is 2. The third kappa shape index (κ3) is 5.15. The van der Waals surface area contributed by atoms with Crippen LogP contribution in [0.25, 0.3) is 0 Å². The number of methoxy groups -OCH3 is 1. The van der Waals surface area contributed by atoms with Crippen LogP contribution in [-0.2, 0) is 11.2 Å². The smallest absolute Gasteiger partial charge is 0.335 e. The molecule has 0 saturated heterocycles. The van der Waals surface area contributed by atoms with Gasteiger partial charge in [0.05, 0.1) is 5.56 Å². The maximum Gasteiger partial charge on any atom is 0.335 e. The molecule has 0 amide bonds. The SMILES string of the molecule is COCOc1ccc(C#Cc2ccc(C(=O)O)cc2)c(CCCC23CC4CC(CC(C4)C2)C3)c1. The average molecular weight is 459 g/mol. The molecule has 0 aliphatic heterocycles. The standard InChI is InChI=1S/C30H34O4/c1-33-20-34-28-11-10-25(7-4-21-5-8-26(9-6-21)29(31)32)27(16-28)3-2-12-30-17-22-13-23(18-30)15-24(14-22)19-30/h5-6,8-11,16,22-24H,2-3,12-15,17-20H2,1H3,(H,31,32). The molecule has 6 rings (SSSR count). The van der Waals surface area contributed by atoms with Gasteiger partial charge < -0.3 is 14.6 Å². The van der Waals surface area contributed by atoms with Gasteiger partial charge in [-0.3, -0.25) is 0 Å². The van der Waals surface area contributed by atoms with Crippen LogP contribution in [0.15, 0.2) is 42.5 Å². The number of carboxylic acid groups (broad SMARTS) is 1. The molecule has 4 nitrogen and oxygen atoms in total. The Hall–Kier alpha value is -2.77. The van der Waals surface area contributed by atoms with E-state index in [9.17, 15) is 4.79 Å². The summed E-state index contributed by atoms with van der Waals surface area (Å²) in [6, 6.07) is 12.8. The van der Waals surface area contributed by atoms with E-state index in [-0.39, 0.29) is 12.4 Å². The number of rotatable bonds is 8. The zero-order valence-electron chi connectivity index (χ0n) is 20.0. The summed E-state index contributed by atoms with van der Waals surface area (Å²) in [5.74, 6) is 9.39. The van der Waals surface area contributed by atoms with Crippen molar-refractivity contribution in [3.63, 3.8) is 0 Å². The molecule has 0 atom stereocenters. The first-order valence-electron chi connectivity index (χ1n) is 12.6. The van der Waals surface area contributed by atoms with Gasteiger partial charge in [-0.25, -0.2) is 4.79 Å². The van der Waals surface area contributed by atoms with Crippen LogP contribution in [-0.4, -0.2) is 25.0 Å². The largest absolute Gasteiger partial charge is 0.478 e. The highest BCUT2D eigenvalue weighted by Gasteiger charge is 2.50. The van der Waals surface area contributed by atoms with Crippen molar-refractivity contribution in [1.29, 1.82) is 0 Å². The Morgan fingerprint density at radius 3 is 2.29 bits per heavy atom. The van der Waals surface area contributed by atoms with Gasteiger partial charge in [0.25, 0.3) is 0 Å². The Bertz CT molecular complexity index is 1050. The Labute approximate surface area is 202 Å². The van der Waals surface area contributed by atoms with Crippen molar-refractivity contribution in [2.75, 3.05) is 13.9 Å². The molecule has 1 N–H and O–H groups in total. The summed E-state index contributed by atoms with van der Waals surface area (Å²) >= 11 is 0. The van der Waals surface area contributed by atoms with Gasteiger partial charge in [0.1, 0.15) is 5.75 Å². The van der Waals surface area contributed by atoms with E-state index in [1.165, 1.54) is 56.9 Å². The fourth-order valence-corrected chi connectivity index (χ4v) is 7.20. The maximum atomic E-state index is 11.1.